The Balaban J connectivity index is 1.69. The number of rotatable bonds is 3. The van der Waals surface area contributed by atoms with Crippen LogP contribution < -0.4 is 5.32 Å². The molecule has 0 radical (unpaired) electrons. The van der Waals surface area contributed by atoms with E-state index >= 15 is 0 Å². The van der Waals surface area contributed by atoms with Crippen LogP contribution in [0.2, 0.25) is 0 Å². The summed E-state index contributed by atoms with van der Waals surface area (Å²) in [6.45, 7) is 4.53. The second kappa shape index (κ2) is 6.95. The van der Waals surface area contributed by atoms with Crippen LogP contribution in [0.25, 0.3) is 11.0 Å². The Kier molecular flexibility index (Phi) is 4.74. The summed E-state index contributed by atoms with van der Waals surface area (Å²) in [7, 11) is 0. The van der Waals surface area contributed by atoms with Gasteiger partial charge in [0.1, 0.15) is 11.7 Å². The second-order valence-electron chi connectivity index (χ2n) is 6.32. The number of hydrogen-bond donors (Lipinski definition) is 1. The highest BCUT2D eigenvalue weighted by Gasteiger charge is 2.28. The smallest absolute Gasteiger partial charge is 0.272 e. The maximum Gasteiger partial charge on any atom is 0.272 e. The lowest BCUT2D eigenvalue weighted by Gasteiger charge is -2.35. The number of nitrogens with zero attached hydrogens (tertiary/aromatic N) is 3. The fourth-order valence-electron chi connectivity index (χ4n) is 3.07. The maximum atomic E-state index is 12.6. The first-order valence-corrected chi connectivity index (χ1v) is 8.39. The molecule has 126 valence electrons. The predicted octanol–water partition coefficient (Wildman–Crippen LogP) is 2.15. The zero-order valence-corrected chi connectivity index (χ0v) is 14.0. The van der Waals surface area contributed by atoms with Crippen LogP contribution in [0.1, 0.15) is 43.6 Å². The topological polar surface area (TPSA) is 75.2 Å². The quantitative estimate of drug-likeness (QED) is 0.938. The van der Waals surface area contributed by atoms with E-state index in [1.165, 1.54) is 6.20 Å². The predicted molar refractivity (Wildman–Crippen MR) is 91.5 cm³/mol. The molecule has 1 aromatic carbocycles. The Hall–Kier alpha value is -2.50. The van der Waals surface area contributed by atoms with Crippen LogP contribution >= 0.6 is 0 Å². The van der Waals surface area contributed by atoms with Gasteiger partial charge in [-0.05, 0) is 45.2 Å². The summed E-state index contributed by atoms with van der Waals surface area (Å²) in [6, 6.07) is 7.02. The first-order chi connectivity index (χ1) is 11.6. The van der Waals surface area contributed by atoms with Crippen LogP contribution in [0.15, 0.2) is 30.5 Å². The van der Waals surface area contributed by atoms with Gasteiger partial charge in [-0.3, -0.25) is 14.6 Å². The van der Waals surface area contributed by atoms with E-state index in [1.807, 2.05) is 29.2 Å². The summed E-state index contributed by atoms with van der Waals surface area (Å²) in [4.78, 5) is 35.4. The molecule has 24 heavy (non-hydrogen) atoms. The third-order valence-corrected chi connectivity index (χ3v) is 4.49. The van der Waals surface area contributed by atoms with E-state index in [4.69, 9.17) is 0 Å². The molecule has 6 nitrogen and oxygen atoms in total. The van der Waals surface area contributed by atoms with Crippen molar-refractivity contribution in [3.05, 3.63) is 36.2 Å². The number of nitrogens with one attached hydrogen (secondary N) is 1. The molecule has 0 aliphatic carbocycles. The van der Waals surface area contributed by atoms with E-state index in [1.54, 1.807) is 6.92 Å². The van der Waals surface area contributed by atoms with Gasteiger partial charge in [0.25, 0.3) is 5.91 Å². The number of piperidine rings is 1. The van der Waals surface area contributed by atoms with Gasteiger partial charge in [-0.25, -0.2) is 4.98 Å². The first-order valence-electron chi connectivity index (χ1n) is 8.39. The number of carbonyl (C=O) groups is 2. The van der Waals surface area contributed by atoms with Gasteiger partial charge in [-0.1, -0.05) is 12.1 Å². The third kappa shape index (κ3) is 3.37. The SMILES string of the molecule is C[C@H](NC(=O)c1cnc2ccccc2n1)C(=O)N1CCCC[C@@H]1C. The minimum absolute atomic E-state index is 0.0377. The molecule has 1 N–H and O–H groups in total. The van der Waals surface area contributed by atoms with Crippen LogP contribution in [-0.2, 0) is 4.79 Å². The maximum absolute atomic E-state index is 12.6. The summed E-state index contributed by atoms with van der Waals surface area (Å²) >= 11 is 0. The van der Waals surface area contributed by atoms with E-state index in [-0.39, 0.29) is 23.6 Å². The Morgan fingerprint density at radius 1 is 1.25 bits per heavy atom. The summed E-state index contributed by atoms with van der Waals surface area (Å²) in [5.41, 5.74) is 1.62. The van der Waals surface area contributed by atoms with E-state index in [0.29, 0.717) is 5.52 Å². The van der Waals surface area contributed by atoms with Crippen LogP contribution in [0.4, 0.5) is 0 Å². The van der Waals surface area contributed by atoms with Crippen LogP contribution in [0, 0.1) is 0 Å². The zero-order valence-electron chi connectivity index (χ0n) is 14.0. The lowest BCUT2D eigenvalue weighted by Crippen LogP contribution is -2.51. The molecule has 1 saturated heterocycles. The molecule has 1 aliphatic heterocycles. The fraction of sp³-hybridized carbons (Fsp3) is 0.444. The number of amides is 2. The minimum atomic E-state index is -0.577. The molecule has 1 aromatic heterocycles. The summed E-state index contributed by atoms with van der Waals surface area (Å²) in [5, 5.41) is 2.75. The Labute approximate surface area is 141 Å². The average Bonchev–Trinajstić information content (AvgIpc) is 2.61. The van der Waals surface area contributed by atoms with Crippen molar-refractivity contribution in [1.29, 1.82) is 0 Å². The van der Waals surface area contributed by atoms with Crippen molar-refractivity contribution in [1.82, 2.24) is 20.2 Å². The zero-order chi connectivity index (χ0) is 17.1. The molecule has 2 aromatic rings. The number of aromatic nitrogens is 2. The van der Waals surface area contributed by atoms with Crippen LogP contribution in [0.5, 0.6) is 0 Å². The first kappa shape index (κ1) is 16.4. The van der Waals surface area contributed by atoms with E-state index < -0.39 is 6.04 Å². The van der Waals surface area contributed by atoms with Crippen molar-refractivity contribution >= 4 is 22.8 Å². The van der Waals surface area contributed by atoms with Gasteiger partial charge in [0.05, 0.1) is 17.2 Å². The Morgan fingerprint density at radius 3 is 2.75 bits per heavy atom. The Morgan fingerprint density at radius 2 is 2.00 bits per heavy atom. The van der Waals surface area contributed by atoms with E-state index in [9.17, 15) is 9.59 Å². The normalized spacial score (nSPS) is 19.1. The number of carbonyl (C=O) groups excluding carboxylic acids is 2. The highest BCUT2D eigenvalue weighted by atomic mass is 16.2. The number of benzene rings is 1. The van der Waals surface area contributed by atoms with Crippen molar-refractivity contribution in [3.8, 4) is 0 Å². The number of fused-ring (bicyclic) bond motifs is 1. The molecule has 0 bridgehead atoms. The molecule has 6 heteroatoms. The molecular formula is C18H22N4O2. The van der Waals surface area contributed by atoms with Gasteiger partial charge in [0, 0.05) is 12.6 Å². The molecule has 0 spiro atoms. The molecule has 0 unspecified atom stereocenters. The van der Waals surface area contributed by atoms with Gasteiger partial charge >= 0.3 is 0 Å². The standard InChI is InChI=1S/C18H22N4O2/c1-12-7-5-6-10-22(12)18(24)13(2)20-17(23)16-11-19-14-8-3-4-9-15(14)21-16/h3-4,8-9,11-13H,5-7,10H2,1-2H3,(H,20,23)/t12-,13-/m0/s1. The molecule has 1 fully saturated rings. The molecule has 2 atom stereocenters. The van der Waals surface area contributed by atoms with Crippen molar-refractivity contribution in [3.63, 3.8) is 0 Å². The van der Waals surface area contributed by atoms with Gasteiger partial charge in [0.2, 0.25) is 5.91 Å². The molecular weight excluding hydrogens is 304 g/mol. The third-order valence-electron chi connectivity index (χ3n) is 4.49. The molecule has 2 heterocycles. The van der Waals surface area contributed by atoms with Crippen molar-refractivity contribution < 1.29 is 9.59 Å². The largest absolute Gasteiger partial charge is 0.339 e. The number of para-hydroxylation sites is 2. The van der Waals surface area contributed by atoms with E-state index in [0.717, 1.165) is 31.3 Å². The van der Waals surface area contributed by atoms with Crippen molar-refractivity contribution in [2.45, 2.75) is 45.2 Å². The number of hydrogen-bond acceptors (Lipinski definition) is 4. The summed E-state index contributed by atoms with van der Waals surface area (Å²) in [6.07, 6.45) is 4.63. The lowest BCUT2D eigenvalue weighted by atomic mass is 10.0. The average molecular weight is 326 g/mol. The monoisotopic (exact) mass is 326 g/mol. The molecule has 2 amide bonds. The van der Waals surface area contributed by atoms with Crippen LogP contribution in [-0.4, -0.2) is 45.3 Å². The lowest BCUT2D eigenvalue weighted by molar-refractivity contribution is -0.136. The van der Waals surface area contributed by atoms with E-state index in [2.05, 4.69) is 22.2 Å². The number of likely N-dealkylation sites (tertiary alicyclic amines) is 1. The van der Waals surface area contributed by atoms with Gasteiger partial charge in [0.15, 0.2) is 0 Å². The Bertz CT molecular complexity index is 762. The highest BCUT2D eigenvalue weighted by molar-refractivity contribution is 5.97. The van der Waals surface area contributed by atoms with Crippen molar-refractivity contribution in [2.75, 3.05) is 6.54 Å². The molecule has 3 rings (SSSR count). The van der Waals surface area contributed by atoms with Gasteiger partial charge < -0.3 is 10.2 Å². The van der Waals surface area contributed by atoms with Crippen molar-refractivity contribution in [2.24, 2.45) is 0 Å². The second-order valence-corrected chi connectivity index (χ2v) is 6.32. The molecule has 1 aliphatic rings. The van der Waals surface area contributed by atoms with Gasteiger partial charge in [-0.2, -0.15) is 0 Å². The summed E-state index contributed by atoms with van der Waals surface area (Å²) in [5.74, 6) is -0.414. The minimum Gasteiger partial charge on any atom is -0.339 e. The summed E-state index contributed by atoms with van der Waals surface area (Å²) < 4.78 is 0. The highest BCUT2D eigenvalue weighted by Crippen LogP contribution is 2.17. The van der Waals surface area contributed by atoms with Gasteiger partial charge in [-0.15, -0.1) is 0 Å². The fourth-order valence-corrected chi connectivity index (χ4v) is 3.07. The van der Waals surface area contributed by atoms with Crippen LogP contribution in [0.3, 0.4) is 0 Å². The molecule has 0 saturated carbocycles.